The van der Waals surface area contributed by atoms with Crippen LogP contribution in [0.4, 0.5) is 25.1 Å². The fourth-order valence-electron chi connectivity index (χ4n) is 5.75. The van der Waals surface area contributed by atoms with E-state index in [4.69, 9.17) is 9.47 Å². The highest BCUT2D eigenvalue weighted by molar-refractivity contribution is 5.96. The van der Waals surface area contributed by atoms with E-state index < -0.39 is 17.2 Å². The maximum atomic E-state index is 15.3. The van der Waals surface area contributed by atoms with Gasteiger partial charge in [0.2, 0.25) is 5.82 Å². The van der Waals surface area contributed by atoms with Crippen LogP contribution in [0, 0.1) is 17.6 Å². The summed E-state index contributed by atoms with van der Waals surface area (Å²) in [6.07, 6.45) is 9.30. The minimum absolute atomic E-state index is 0.0225. The maximum Gasteiger partial charge on any atom is 0.410 e. The first-order valence-electron chi connectivity index (χ1n) is 16.4. The third kappa shape index (κ3) is 7.64. The van der Waals surface area contributed by atoms with Gasteiger partial charge in [-0.25, -0.2) is 29.1 Å². The van der Waals surface area contributed by atoms with Crippen molar-refractivity contribution in [2.45, 2.75) is 52.6 Å². The molecular weight excluding hydrogens is 646 g/mol. The Kier molecular flexibility index (Phi) is 9.88. The molecule has 14 heteroatoms. The van der Waals surface area contributed by atoms with Crippen LogP contribution >= 0.6 is 0 Å². The summed E-state index contributed by atoms with van der Waals surface area (Å²) < 4.78 is 42.8. The van der Waals surface area contributed by atoms with Gasteiger partial charge in [0.1, 0.15) is 5.60 Å². The Labute approximate surface area is 287 Å². The third-order valence-electron chi connectivity index (χ3n) is 8.31. The van der Waals surface area contributed by atoms with E-state index in [9.17, 15) is 9.59 Å². The van der Waals surface area contributed by atoms with Crippen LogP contribution in [0.3, 0.4) is 0 Å². The van der Waals surface area contributed by atoms with Gasteiger partial charge in [-0.1, -0.05) is 6.92 Å². The van der Waals surface area contributed by atoms with Crippen LogP contribution in [0.5, 0.6) is 11.8 Å². The lowest BCUT2D eigenvalue weighted by atomic mass is 9.96. The molecule has 260 valence electrons. The predicted octanol–water partition coefficient (Wildman–Crippen LogP) is 6.94. The monoisotopic (exact) mass is 684 g/mol. The van der Waals surface area contributed by atoms with Crippen molar-refractivity contribution in [1.29, 1.82) is 0 Å². The van der Waals surface area contributed by atoms with E-state index in [0.29, 0.717) is 54.5 Å². The number of benzene rings is 2. The third-order valence-corrected chi connectivity index (χ3v) is 8.31. The molecule has 50 heavy (non-hydrogen) atoms. The fourth-order valence-corrected chi connectivity index (χ4v) is 5.75. The second kappa shape index (κ2) is 14.4. The summed E-state index contributed by atoms with van der Waals surface area (Å²) in [7, 11) is 0. The summed E-state index contributed by atoms with van der Waals surface area (Å²) in [5.74, 6) is -2.16. The van der Waals surface area contributed by atoms with Crippen molar-refractivity contribution in [3.05, 3.63) is 90.1 Å². The molecule has 6 rings (SSSR count). The molecule has 2 N–H and O–H groups in total. The average Bonchev–Trinajstić information content (AvgIpc) is 3.54. The van der Waals surface area contributed by atoms with Gasteiger partial charge >= 0.3 is 12.1 Å². The molecule has 1 fully saturated rings. The largest absolute Gasteiger partial charge is 0.444 e. The number of anilines is 2. The molecule has 5 aromatic rings. The smallest absolute Gasteiger partial charge is 0.410 e. The van der Waals surface area contributed by atoms with Gasteiger partial charge in [0.25, 0.3) is 5.91 Å². The number of aryl methyl sites for hydroxylation is 1. The van der Waals surface area contributed by atoms with Crippen molar-refractivity contribution in [2.75, 3.05) is 25.0 Å². The number of imidazole rings is 1. The number of nitrogens with zero attached hydrogens (tertiary/aromatic N) is 6. The van der Waals surface area contributed by atoms with Crippen LogP contribution in [-0.4, -0.2) is 66.5 Å². The molecule has 2 aromatic carbocycles. The number of hydrogen-bond donors (Lipinski definition) is 2. The number of aromatic nitrogens is 5. The highest BCUT2D eigenvalue weighted by atomic mass is 19.2. The molecule has 0 aliphatic carbocycles. The lowest BCUT2D eigenvalue weighted by Crippen LogP contribution is -2.43. The molecule has 0 radical (unpaired) electrons. The minimum atomic E-state index is -1.18. The molecular formula is C36H38F2N8O4. The van der Waals surface area contributed by atoms with Gasteiger partial charge in [-0.3, -0.25) is 9.20 Å². The molecule has 3 aromatic heterocycles. The number of fused-ring (bicyclic) bond motifs is 1. The summed E-state index contributed by atoms with van der Waals surface area (Å²) in [4.78, 5) is 44.0. The van der Waals surface area contributed by atoms with Crippen LogP contribution in [0.15, 0.2) is 67.4 Å². The number of amides is 2. The number of halogens is 2. The van der Waals surface area contributed by atoms with Gasteiger partial charge in [0, 0.05) is 61.2 Å². The summed E-state index contributed by atoms with van der Waals surface area (Å²) >= 11 is 0. The van der Waals surface area contributed by atoms with E-state index in [0.717, 1.165) is 18.4 Å². The Hall–Kier alpha value is -5.66. The van der Waals surface area contributed by atoms with Gasteiger partial charge in [-0.15, -0.1) is 0 Å². The van der Waals surface area contributed by atoms with Crippen molar-refractivity contribution >= 4 is 29.2 Å². The summed E-state index contributed by atoms with van der Waals surface area (Å²) in [6.45, 7) is 9.21. The topological polar surface area (TPSA) is 136 Å². The zero-order valence-corrected chi connectivity index (χ0v) is 28.2. The quantitative estimate of drug-likeness (QED) is 0.169. The van der Waals surface area contributed by atoms with Gasteiger partial charge < -0.3 is 25.0 Å². The van der Waals surface area contributed by atoms with Crippen molar-refractivity contribution in [3.8, 4) is 23.0 Å². The summed E-state index contributed by atoms with van der Waals surface area (Å²) in [6, 6.07) is 9.61. The Morgan fingerprint density at radius 2 is 1.74 bits per heavy atom. The van der Waals surface area contributed by atoms with Crippen LogP contribution in [0.1, 0.15) is 56.5 Å². The molecule has 12 nitrogen and oxygen atoms in total. The fraction of sp³-hybridized carbons (Fsp3) is 0.333. The number of piperidine rings is 1. The Balaban J connectivity index is 1.12. The molecule has 1 saturated heterocycles. The van der Waals surface area contributed by atoms with Crippen molar-refractivity contribution in [3.63, 3.8) is 0 Å². The van der Waals surface area contributed by atoms with E-state index in [2.05, 4.69) is 30.6 Å². The molecule has 1 aliphatic rings. The molecule has 0 unspecified atom stereocenters. The number of likely N-dealkylation sites (tertiary alicyclic amines) is 1. The second-order valence-corrected chi connectivity index (χ2v) is 13.0. The van der Waals surface area contributed by atoms with E-state index in [1.165, 1.54) is 36.9 Å². The Bertz CT molecular complexity index is 2010. The highest BCUT2D eigenvalue weighted by Crippen LogP contribution is 2.33. The maximum absolute atomic E-state index is 15.3. The second-order valence-electron chi connectivity index (χ2n) is 13.0. The molecule has 0 bridgehead atoms. The average molecular weight is 685 g/mol. The predicted molar refractivity (Wildman–Crippen MR) is 182 cm³/mol. The Morgan fingerprint density at radius 3 is 2.46 bits per heavy atom. The zero-order chi connectivity index (χ0) is 35.4. The van der Waals surface area contributed by atoms with E-state index in [1.54, 1.807) is 33.7 Å². The number of nitrogens with one attached hydrogen (secondary N) is 2. The van der Waals surface area contributed by atoms with Crippen molar-refractivity contribution in [2.24, 2.45) is 5.92 Å². The van der Waals surface area contributed by atoms with E-state index in [1.807, 2.05) is 33.8 Å². The van der Waals surface area contributed by atoms with Crippen LogP contribution in [0.25, 0.3) is 16.9 Å². The lowest BCUT2D eigenvalue weighted by molar-refractivity contribution is 0.0183. The summed E-state index contributed by atoms with van der Waals surface area (Å²) in [5, 5.41) is 6.33. The molecule has 1 aliphatic heterocycles. The van der Waals surface area contributed by atoms with Gasteiger partial charge in [0.15, 0.2) is 23.0 Å². The van der Waals surface area contributed by atoms with Crippen LogP contribution < -0.4 is 15.4 Å². The highest BCUT2D eigenvalue weighted by Gasteiger charge is 2.27. The lowest BCUT2D eigenvalue weighted by Gasteiger charge is -2.33. The van der Waals surface area contributed by atoms with Crippen molar-refractivity contribution in [1.82, 2.24) is 34.6 Å². The standard InChI is InChI=1S/C36H38F2N8O4/c1-5-23-19-24(7-8-25(23)33(47)43-20-22-11-16-45(17-12-22)35(48)50-36(2,3)4)44-31-32-42-21-27(46(32)18-15-39-31)26-9-10-28(30(38)29(26)37)49-34-40-13-6-14-41-34/h6-10,13-15,18-19,21-22H,5,11-12,16-17,20H2,1-4H3,(H,39,44)(H,43,47). The SMILES string of the molecule is CCc1cc(Nc2nccn3c(-c4ccc(Oc5ncccn5)c(F)c4F)cnc23)ccc1C(=O)NCC1CCN(C(=O)OC(C)(C)C)CC1. The molecule has 4 heterocycles. The van der Waals surface area contributed by atoms with Crippen LogP contribution in [-0.2, 0) is 11.2 Å². The molecule has 0 atom stereocenters. The normalized spacial score (nSPS) is 13.7. The van der Waals surface area contributed by atoms with Gasteiger partial charge in [-0.2, -0.15) is 4.39 Å². The number of carbonyl (C=O) groups is 2. The number of ether oxygens (including phenoxy) is 2. The first-order chi connectivity index (χ1) is 24.0. The van der Waals surface area contributed by atoms with Crippen LogP contribution in [0.2, 0.25) is 0 Å². The first kappa shape index (κ1) is 34.2. The molecule has 0 spiro atoms. The number of carbonyl (C=O) groups excluding carboxylic acids is 2. The Morgan fingerprint density at radius 1 is 0.980 bits per heavy atom. The van der Waals surface area contributed by atoms with E-state index >= 15 is 8.78 Å². The summed E-state index contributed by atoms with van der Waals surface area (Å²) in [5.41, 5.74) is 2.22. The number of rotatable bonds is 9. The van der Waals surface area contributed by atoms with Gasteiger partial charge in [0.05, 0.1) is 11.9 Å². The van der Waals surface area contributed by atoms with Crippen molar-refractivity contribution < 1.29 is 27.8 Å². The zero-order valence-electron chi connectivity index (χ0n) is 28.2. The van der Waals surface area contributed by atoms with E-state index in [-0.39, 0.29) is 35.2 Å². The number of hydrogen-bond acceptors (Lipinski definition) is 9. The molecule has 2 amide bonds. The minimum Gasteiger partial charge on any atom is -0.444 e. The first-order valence-corrected chi connectivity index (χ1v) is 16.4. The molecule has 0 saturated carbocycles. The van der Waals surface area contributed by atoms with Gasteiger partial charge in [-0.05, 0) is 87.9 Å².